The monoisotopic (exact) mass is 309 g/mol. The Labute approximate surface area is 124 Å². The second-order valence-corrected chi connectivity index (χ2v) is 7.99. The molecule has 0 radical (unpaired) electrons. The van der Waals surface area contributed by atoms with E-state index >= 15 is 0 Å². The van der Waals surface area contributed by atoms with Gasteiger partial charge in [-0.05, 0) is 26.0 Å². The molecule has 1 amide bonds. The molecule has 2 aromatic rings. The molecule has 2 heterocycles. The van der Waals surface area contributed by atoms with Crippen LogP contribution in [0.3, 0.4) is 0 Å². The molecule has 1 saturated heterocycles. The first-order chi connectivity index (χ1) is 9.88. The van der Waals surface area contributed by atoms with Gasteiger partial charge in [0, 0.05) is 29.6 Å². The lowest BCUT2D eigenvalue weighted by atomic mass is 10.1. The van der Waals surface area contributed by atoms with Crippen LogP contribution in [0.2, 0.25) is 0 Å². The molecule has 3 rings (SSSR count). The lowest BCUT2D eigenvalue weighted by Crippen LogP contribution is -2.52. The smallest absolute Gasteiger partial charge is 0.256 e. The summed E-state index contributed by atoms with van der Waals surface area (Å²) in [6.07, 6.45) is 1.44. The first kappa shape index (κ1) is 14.2. The van der Waals surface area contributed by atoms with Crippen LogP contribution >= 0.6 is 0 Å². The molecule has 0 aliphatic carbocycles. The molecule has 0 spiro atoms. The lowest BCUT2D eigenvalue weighted by Gasteiger charge is -2.37. The number of aromatic nitrogens is 2. The zero-order valence-electron chi connectivity index (χ0n) is 11.9. The molecule has 1 aromatic carbocycles. The van der Waals surface area contributed by atoms with Gasteiger partial charge in [-0.25, -0.2) is 9.37 Å². The molecule has 1 atom stereocenters. The van der Waals surface area contributed by atoms with Gasteiger partial charge >= 0.3 is 0 Å². The van der Waals surface area contributed by atoms with Gasteiger partial charge in [0.05, 0.1) is 22.2 Å². The van der Waals surface area contributed by atoms with E-state index in [9.17, 15) is 13.4 Å². The molecule has 21 heavy (non-hydrogen) atoms. The van der Waals surface area contributed by atoms with Crippen LogP contribution in [-0.4, -0.2) is 48.6 Å². The molecule has 1 aromatic heterocycles. The average Bonchev–Trinajstić information content (AvgIpc) is 2.88. The number of fused-ring (bicyclic) bond motifs is 1. The van der Waals surface area contributed by atoms with Crippen molar-refractivity contribution in [3.05, 3.63) is 29.8 Å². The first-order valence-electron chi connectivity index (χ1n) is 6.69. The van der Waals surface area contributed by atoms with Crippen molar-refractivity contribution in [2.24, 2.45) is 0 Å². The molecule has 0 saturated carbocycles. The Morgan fingerprint density at radius 1 is 1.48 bits per heavy atom. The Bertz CT molecular complexity index is 741. The summed E-state index contributed by atoms with van der Waals surface area (Å²) in [4.78, 5) is 21.2. The summed E-state index contributed by atoms with van der Waals surface area (Å²) in [5, 5.41) is 0. The minimum absolute atomic E-state index is 0.245. The van der Waals surface area contributed by atoms with Crippen molar-refractivity contribution in [2.75, 3.05) is 18.8 Å². The van der Waals surface area contributed by atoms with Gasteiger partial charge in [0.2, 0.25) is 0 Å². The fourth-order valence-electron chi connectivity index (χ4n) is 2.60. The Hall–Kier alpha value is -1.76. The third-order valence-corrected chi connectivity index (χ3v) is 5.66. The number of halogens is 1. The van der Waals surface area contributed by atoms with Crippen LogP contribution in [0.1, 0.15) is 24.2 Å². The number of aromatic amines is 1. The zero-order chi connectivity index (χ0) is 15.2. The lowest BCUT2D eigenvalue weighted by molar-refractivity contribution is 0.0747. The number of carbonyl (C=O) groups excluding carboxylic acids is 1. The Morgan fingerprint density at radius 2 is 2.24 bits per heavy atom. The Kier molecular flexibility index (Phi) is 3.32. The highest BCUT2D eigenvalue weighted by atomic mass is 32.2. The van der Waals surface area contributed by atoms with Gasteiger partial charge < -0.3 is 9.88 Å². The number of nitrogens with zero attached hydrogens (tertiary/aromatic N) is 2. The molecule has 1 aliphatic rings. The molecule has 1 aliphatic heterocycles. The highest BCUT2D eigenvalue weighted by molar-refractivity contribution is 7.86. The van der Waals surface area contributed by atoms with Gasteiger partial charge in [-0.3, -0.25) is 9.00 Å². The molecule has 0 bridgehead atoms. The summed E-state index contributed by atoms with van der Waals surface area (Å²) in [5.74, 6) is -0.302. The molecule has 0 unspecified atom stereocenters. The highest BCUT2D eigenvalue weighted by Crippen LogP contribution is 2.24. The van der Waals surface area contributed by atoms with Gasteiger partial charge in [0.25, 0.3) is 5.91 Å². The second-order valence-electron chi connectivity index (χ2n) is 5.79. The minimum Gasteiger partial charge on any atom is -0.344 e. The summed E-state index contributed by atoms with van der Waals surface area (Å²) in [7, 11) is -0.958. The maximum absolute atomic E-state index is 13.6. The maximum atomic E-state index is 13.6. The number of rotatable bonds is 1. The van der Waals surface area contributed by atoms with E-state index in [1.807, 2.05) is 13.8 Å². The number of nitrogens with one attached hydrogen (secondary N) is 1. The van der Waals surface area contributed by atoms with Crippen molar-refractivity contribution >= 4 is 27.7 Å². The van der Waals surface area contributed by atoms with E-state index in [0.29, 0.717) is 29.9 Å². The molecular weight excluding hydrogens is 293 g/mol. The summed E-state index contributed by atoms with van der Waals surface area (Å²) in [6, 6.07) is 2.53. The van der Waals surface area contributed by atoms with Crippen molar-refractivity contribution < 1.29 is 13.4 Å². The SMILES string of the molecule is CC1(C)CN(C(=O)c2cc(F)cc3[nH]cnc23)CC[S@@]1=O. The van der Waals surface area contributed by atoms with Crippen LogP contribution in [0.5, 0.6) is 0 Å². The maximum Gasteiger partial charge on any atom is 0.256 e. The van der Waals surface area contributed by atoms with Crippen LogP contribution in [-0.2, 0) is 10.8 Å². The molecule has 5 nitrogen and oxygen atoms in total. The van der Waals surface area contributed by atoms with Gasteiger partial charge in [0.15, 0.2) is 0 Å². The zero-order valence-corrected chi connectivity index (χ0v) is 12.7. The molecule has 1 N–H and O–H groups in total. The average molecular weight is 309 g/mol. The number of amides is 1. The van der Waals surface area contributed by atoms with Gasteiger partial charge in [-0.15, -0.1) is 0 Å². The van der Waals surface area contributed by atoms with Crippen LogP contribution in [0.4, 0.5) is 4.39 Å². The van der Waals surface area contributed by atoms with Crippen molar-refractivity contribution in [3.63, 3.8) is 0 Å². The van der Waals surface area contributed by atoms with Crippen molar-refractivity contribution in [1.82, 2.24) is 14.9 Å². The van der Waals surface area contributed by atoms with E-state index in [1.54, 1.807) is 4.90 Å². The van der Waals surface area contributed by atoms with E-state index < -0.39 is 21.4 Å². The van der Waals surface area contributed by atoms with Gasteiger partial charge in [-0.1, -0.05) is 0 Å². The van der Waals surface area contributed by atoms with Crippen molar-refractivity contribution in [1.29, 1.82) is 0 Å². The summed E-state index contributed by atoms with van der Waals surface area (Å²) in [5.41, 5.74) is 1.21. The van der Waals surface area contributed by atoms with Crippen LogP contribution in [0, 0.1) is 5.82 Å². The number of hydrogen-bond acceptors (Lipinski definition) is 3. The van der Waals surface area contributed by atoms with Crippen LogP contribution in [0.15, 0.2) is 18.5 Å². The fourth-order valence-corrected chi connectivity index (χ4v) is 3.84. The quantitative estimate of drug-likeness (QED) is 0.871. The van der Waals surface area contributed by atoms with Crippen molar-refractivity contribution in [3.8, 4) is 0 Å². The van der Waals surface area contributed by atoms with E-state index in [4.69, 9.17) is 0 Å². The second kappa shape index (κ2) is 4.91. The van der Waals surface area contributed by atoms with E-state index in [1.165, 1.54) is 18.5 Å². The topological polar surface area (TPSA) is 66.1 Å². The summed E-state index contributed by atoms with van der Waals surface area (Å²) in [6.45, 7) is 4.55. The number of benzene rings is 1. The fraction of sp³-hybridized carbons (Fsp3) is 0.429. The number of H-pyrrole nitrogens is 1. The van der Waals surface area contributed by atoms with Gasteiger partial charge in [-0.2, -0.15) is 0 Å². The third kappa shape index (κ3) is 2.46. The molecular formula is C14H16FN3O2S. The third-order valence-electron chi connectivity index (χ3n) is 3.74. The summed E-state index contributed by atoms with van der Waals surface area (Å²) < 4.78 is 25.1. The highest BCUT2D eigenvalue weighted by Gasteiger charge is 2.36. The standard InChI is InChI=1S/C14H16FN3O2S/c1-14(2)7-18(3-4-21(14)20)13(19)10-5-9(15)6-11-12(10)17-8-16-11/h5-6,8H,3-4,7H2,1-2H3,(H,16,17)/t21-/m0/s1. The van der Waals surface area contributed by atoms with Crippen LogP contribution < -0.4 is 0 Å². The molecule has 7 heteroatoms. The Balaban J connectivity index is 1.98. The van der Waals surface area contributed by atoms with E-state index in [2.05, 4.69) is 9.97 Å². The molecule has 1 fully saturated rings. The Morgan fingerprint density at radius 3 is 2.95 bits per heavy atom. The molecule has 112 valence electrons. The normalized spacial score (nSPS) is 21.7. The van der Waals surface area contributed by atoms with E-state index in [0.717, 1.165) is 0 Å². The van der Waals surface area contributed by atoms with Crippen molar-refractivity contribution in [2.45, 2.75) is 18.6 Å². The number of hydrogen-bond donors (Lipinski definition) is 1. The predicted octanol–water partition coefficient (Wildman–Crippen LogP) is 1.69. The largest absolute Gasteiger partial charge is 0.344 e. The first-order valence-corrected chi connectivity index (χ1v) is 8.01. The van der Waals surface area contributed by atoms with Gasteiger partial charge in [0.1, 0.15) is 11.3 Å². The number of carbonyl (C=O) groups is 1. The predicted molar refractivity (Wildman–Crippen MR) is 79.0 cm³/mol. The number of imidazole rings is 1. The summed E-state index contributed by atoms with van der Waals surface area (Å²) >= 11 is 0. The minimum atomic E-state index is -0.958. The van der Waals surface area contributed by atoms with E-state index in [-0.39, 0.29) is 11.5 Å². The van der Waals surface area contributed by atoms with Crippen LogP contribution in [0.25, 0.3) is 11.0 Å².